The summed E-state index contributed by atoms with van der Waals surface area (Å²) in [6.45, 7) is 5.37. The maximum Gasteiger partial charge on any atom is 0.326 e. The van der Waals surface area contributed by atoms with Crippen LogP contribution >= 0.6 is 0 Å². The Bertz CT molecular complexity index is 980. The van der Waals surface area contributed by atoms with E-state index in [1.54, 1.807) is 24.3 Å². The van der Waals surface area contributed by atoms with Crippen LogP contribution in [0.15, 0.2) is 42.9 Å². The smallest absolute Gasteiger partial charge is 0.326 e. The molecule has 1 aromatic carbocycles. The number of aromatic nitrogens is 2. The van der Waals surface area contributed by atoms with Crippen LogP contribution in [-0.4, -0.2) is 62.9 Å². The Labute approximate surface area is 204 Å². The molecule has 35 heavy (non-hydrogen) atoms. The molecule has 2 aromatic rings. The van der Waals surface area contributed by atoms with Crippen molar-refractivity contribution in [2.24, 2.45) is 11.7 Å². The van der Waals surface area contributed by atoms with Gasteiger partial charge in [0.15, 0.2) is 0 Å². The van der Waals surface area contributed by atoms with E-state index >= 15 is 0 Å². The normalized spacial score (nSPS) is 14.4. The Hall–Kier alpha value is -3.73. The van der Waals surface area contributed by atoms with Crippen LogP contribution in [0.25, 0.3) is 0 Å². The molecule has 0 aliphatic carbocycles. The van der Waals surface area contributed by atoms with Gasteiger partial charge in [-0.3, -0.25) is 14.4 Å². The van der Waals surface area contributed by atoms with Crippen molar-refractivity contribution in [3.05, 3.63) is 54.1 Å². The molecule has 7 N–H and O–H groups in total. The molecule has 0 aliphatic rings. The number of imidazole rings is 1. The Morgan fingerprint density at radius 3 is 2.17 bits per heavy atom. The topological polar surface area (TPSA) is 179 Å². The van der Waals surface area contributed by atoms with Crippen molar-refractivity contribution in [1.29, 1.82) is 0 Å². The first-order chi connectivity index (χ1) is 16.6. The second-order valence-corrected chi connectivity index (χ2v) is 8.90. The Morgan fingerprint density at radius 1 is 0.943 bits per heavy atom. The first-order valence-corrected chi connectivity index (χ1v) is 11.5. The van der Waals surface area contributed by atoms with Gasteiger partial charge in [-0.05, 0) is 24.8 Å². The Kier molecular flexibility index (Phi) is 10.4. The van der Waals surface area contributed by atoms with Crippen molar-refractivity contribution in [2.75, 3.05) is 0 Å². The lowest BCUT2D eigenvalue weighted by Gasteiger charge is -2.24. The van der Waals surface area contributed by atoms with Crippen LogP contribution in [0, 0.1) is 5.92 Å². The van der Waals surface area contributed by atoms with Crippen LogP contribution in [-0.2, 0) is 32.0 Å². The minimum Gasteiger partial charge on any atom is -0.480 e. The van der Waals surface area contributed by atoms with Gasteiger partial charge in [0.05, 0.1) is 12.4 Å². The number of nitrogens with zero attached hydrogens (tertiary/aromatic N) is 1. The number of H-pyrrole nitrogens is 1. The summed E-state index contributed by atoms with van der Waals surface area (Å²) in [5.74, 6) is -2.73. The van der Waals surface area contributed by atoms with Gasteiger partial charge in [0.25, 0.3) is 0 Å². The van der Waals surface area contributed by atoms with E-state index in [1.165, 1.54) is 19.4 Å². The van der Waals surface area contributed by atoms with E-state index in [4.69, 9.17) is 5.73 Å². The number of hydrogen-bond acceptors (Lipinski definition) is 6. The van der Waals surface area contributed by atoms with Gasteiger partial charge in [0, 0.05) is 24.7 Å². The summed E-state index contributed by atoms with van der Waals surface area (Å²) in [7, 11) is 0. The number of benzene rings is 1. The second kappa shape index (κ2) is 13.2. The molecule has 0 saturated heterocycles. The molecule has 0 aliphatic heterocycles. The summed E-state index contributed by atoms with van der Waals surface area (Å²) in [6, 6.07) is 4.98. The van der Waals surface area contributed by atoms with Crippen LogP contribution in [0.3, 0.4) is 0 Å². The van der Waals surface area contributed by atoms with Gasteiger partial charge < -0.3 is 31.8 Å². The van der Waals surface area contributed by atoms with Gasteiger partial charge >= 0.3 is 5.97 Å². The first-order valence-electron chi connectivity index (χ1n) is 11.5. The molecule has 0 fully saturated rings. The van der Waals surface area contributed by atoms with Crippen LogP contribution in [0.1, 0.15) is 38.4 Å². The molecule has 0 radical (unpaired) electrons. The SMILES string of the molecule is CC(C)CC(N)C(=O)NC(C)C(=O)NC(Cc1ccccc1)C(=O)NC(Cc1cnc[nH]1)C(=O)O. The fraction of sp³-hybridized carbons (Fsp3) is 0.458. The van der Waals surface area contributed by atoms with E-state index < -0.39 is 47.9 Å². The predicted molar refractivity (Wildman–Crippen MR) is 129 cm³/mol. The Morgan fingerprint density at radius 2 is 1.60 bits per heavy atom. The van der Waals surface area contributed by atoms with Crippen molar-refractivity contribution in [2.45, 2.75) is 64.2 Å². The zero-order valence-corrected chi connectivity index (χ0v) is 20.2. The summed E-state index contributed by atoms with van der Waals surface area (Å²) in [5, 5.41) is 17.3. The van der Waals surface area contributed by atoms with Crippen LogP contribution in [0.4, 0.5) is 0 Å². The first kappa shape index (κ1) is 27.5. The highest BCUT2D eigenvalue weighted by atomic mass is 16.4. The molecule has 2 rings (SSSR count). The van der Waals surface area contributed by atoms with Crippen LogP contribution in [0.2, 0.25) is 0 Å². The van der Waals surface area contributed by atoms with Gasteiger partial charge in [0.1, 0.15) is 18.1 Å². The average Bonchev–Trinajstić information content (AvgIpc) is 3.31. The summed E-state index contributed by atoms with van der Waals surface area (Å²) < 4.78 is 0. The Balaban J connectivity index is 2.11. The summed E-state index contributed by atoms with van der Waals surface area (Å²) in [6.07, 6.45) is 3.47. The van der Waals surface area contributed by atoms with Crippen molar-refractivity contribution in [3.8, 4) is 0 Å². The van der Waals surface area contributed by atoms with Crippen molar-refractivity contribution < 1.29 is 24.3 Å². The van der Waals surface area contributed by atoms with Gasteiger partial charge in [-0.15, -0.1) is 0 Å². The van der Waals surface area contributed by atoms with E-state index in [9.17, 15) is 24.3 Å². The zero-order valence-electron chi connectivity index (χ0n) is 20.2. The highest BCUT2D eigenvalue weighted by Crippen LogP contribution is 2.07. The minimum atomic E-state index is -1.23. The lowest BCUT2D eigenvalue weighted by molar-refractivity contribution is -0.142. The predicted octanol–water partition coefficient (Wildman–Crippen LogP) is 0.127. The maximum absolute atomic E-state index is 13.1. The maximum atomic E-state index is 13.1. The summed E-state index contributed by atoms with van der Waals surface area (Å²) in [5.41, 5.74) is 7.19. The molecule has 11 heteroatoms. The molecule has 4 atom stereocenters. The van der Waals surface area contributed by atoms with E-state index in [2.05, 4.69) is 25.9 Å². The van der Waals surface area contributed by atoms with E-state index in [0.717, 1.165) is 5.56 Å². The molecule has 1 heterocycles. The molecular formula is C24H34N6O5. The number of nitrogens with two attached hydrogens (primary N) is 1. The van der Waals surface area contributed by atoms with Crippen molar-refractivity contribution in [1.82, 2.24) is 25.9 Å². The number of carbonyl (C=O) groups is 4. The van der Waals surface area contributed by atoms with Crippen molar-refractivity contribution >= 4 is 23.7 Å². The summed E-state index contributed by atoms with van der Waals surface area (Å²) >= 11 is 0. The van der Waals surface area contributed by atoms with E-state index in [-0.39, 0.29) is 18.8 Å². The monoisotopic (exact) mass is 486 g/mol. The molecule has 0 spiro atoms. The molecular weight excluding hydrogens is 452 g/mol. The standard InChI is InChI=1S/C24H34N6O5/c1-14(2)9-18(25)22(32)28-15(3)21(31)29-19(10-16-7-5-4-6-8-16)23(33)30-20(24(34)35)11-17-12-26-13-27-17/h4-8,12-15,18-20H,9-11,25H2,1-3H3,(H,26,27)(H,28,32)(H,29,31)(H,30,33)(H,34,35). The molecule has 3 amide bonds. The number of hydrogen-bond donors (Lipinski definition) is 6. The fourth-order valence-electron chi connectivity index (χ4n) is 3.45. The van der Waals surface area contributed by atoms with Gasteiger partial charge in [-0.1, -0.05) is 44.2 Å². The lowest BCUT2D eigenvalue weighted by atomic mass is 10.0. The number of carboxylic acids is 1. The van der Waals surface area contributed by atoms with Crippen LogP contribution < -0.4 is 21.7 Å². The number of aliphatic carboxylic acids is 1. The molecule has 0 bridgehead atoms. The summed E-state index contributed by atoms with van der Waals surface area (Å²) in [4.78, 5) is 56.6. The second-order valence-electron chi connectivity index (χ2n) is 8.90. The number of aromatic amines is 1. The third-order valence-corrected chi connectivity index (χ3v) is 5.32. The van der Waals surface area contributed by atoms with Gasteiger partial charge in [-0.2, -0.15) is 0 Å². The zero-order chi connectivity index (χ0) is 26.0. The number of carboxylic acid groups (broad SMARTS) is 1. The molecule has 11 nitrogen and oxygen atoms in total. The van der Waals surface area contributed by atoms with E-state index in [0.29, 0.717) is 12.1 Å². The molecule has 190 valence electrons. The molecule has 1 aromatic heterocycles. The quantitative estimate of drug-likeness (QED) is 0.233. The fourth-order valence-corrected chi connectivity index (χ4v) is 3.45. The van der Waals surface area contributed by atoms with Crippen molar-refractivity contribution in [3.63, 3.8) is 0 Å². The third kappa shape index (κ3) is 9.20. The minimum absolute atomic E-state index is 0.00667. The highest BCUT2D eigenvalue weighted by molar-refractivity contribution is 5.94. The van der Waals surface area contributed by atoms with Gasteiger partial charge in [-0.25, -0.2) is 9.78 Å². The highest BCUT2D eigenvalue weighted by Gasteiger charge is 2.29. The number of carbonyl (C=O) groups excluding carboxylic acids is 3. The largest absolute Gasteiger partial charge is 0.480 e. The molecule has 4 unspecified atom stereocenters. The van der Waals surface area contributed by atoms with E-state index in [1.807, 2.05) is 19.9 Å². The molecule has 0 saturated carbocycles. The van der Waals surface area contributed by atoms with Crippen LogP contribution in [0.5, 0.6) is 0 Å². The third-order valence-electron chi connectivity index (χ3n) is 5.32. The number of nitrogens with one attached hydrogen (secondary N) is 4. The number of amides is 3. The van der Waals surface area contributed by atoms with Gasteiger partial charge in [0.2, 0.25) is 17.7 Å². The lowest BCUT2D eigenvalue weighted by Crippen LogP contribution is -2.57. The number of rotatable bonds is 13. The average molecular weight is 487 g/mol.